The van der Waals surface area contributed by atoms with Crippen LogP contribution >= 0.6 is 0 Å². The predicted octanol–water partition coefficient (Wildman–Crippen LogP) is 13.6. The Morgan fingerprint density at radius 2 is 0.754 bits per heavy atom. The van der Waals surface area contributed by atoms with E-state index in [-0.39, 0.29) is 59.5 Å². The number of benzene rings is 11. The number of aryl methyl sites for hydroxylation is 2. The first-order chi connectivity index (χ1) is 54.3. The molecule has 6 aromatic heterocycles. The topological polar surface area (TPSA) is 245 Å². The third-order valence-electron chi connectivity index (χ3n) is 20.6. The van der Waals surface area contributed by atoms with E-state index >= 15 is 0 Å². The van der Waals surface area contributed by atoms with Gasteiger partial charge in [-0.2, -0.15) is 13.2 Å². The lowest BCUT2D eigenvalue weighted by atomic mass is 9.94. The summed E-state index contributed by atoms with van der Waals surface area (Å²) in [4.78, 5) is 9.66. The second-order valence-corrected chi connectivity index (χ2v) is 28.3. The van der Waals surface area contributed by atoms with Gasteiger partial charge in [-0.05, 0) is 178 Å². The molecule has 0 unspecified atom stereocenters. The van der Waals surface area contributed by atoms with Crippen LogP contribution in [0.2, 0.25) is 0 Å². The number of aliphatic hydroxyl groups is 6. The van der Waals surface area contributed by atoms with Crippen molar-refractivity contribution in [2.24, 2.45) is 0 Å². The highest BCUT2D eigenvalue weighted by Gasteiger charge is 2.25. The number of hydrogen-bond donors (Lipinski definition) is 6. The Morgan fingerprint density at radius 1 is 0.368 bits per heavy atom. The van der Waals surface area contributed by atoms with Crippen molar-refractivity contribution >= 4 is 97.6 Å². The number of aliphatic hydroxyl groups excluding tert-OH is 6. The van der Waals surface area contributed by atoms with Gasteiger partial charge in [-0.25, -0.2) is 8.42 Å². The van der Waals surface area contributed by atoms with Crippen LogP contribution in [-0.2, 0) is 59.0 Å². The second kappa shape index (κ2) is 35.2. The van der Waals surface area contributed by atoms with E-state index < -0.39 is 16.4 Å². The number of ether oxygens (including phenoxy) is 3. The van der Waals surface area contributed by atoms with Gasteiger partial charge in [0.05, 0.1) is 77.1 Å². The first-order valence-corrected chi connectivity index (χ1v) is 37.6. The number of aromatic nitrogens is 3. The van der Waals surface area contributed by atoms with Crippen LogP contribution in [0, 0.1) is 21.3 Å². The van der Waals surface area contributed by atoms with Gasteiger partial charge < -0.3 is 73.4 Å². The van der Waals surface area contributed by atoms with Crippen LogP contribution in [0.5, 0.6) is 17.2 Å². The molecule has 0 saturated carbocycles. The van der Waals surface area contributed by atoms with E-state index in [0.29, 0.717) is 11.5 Å². The van der Waals surface area contributed by atoms with Gasteiger partial charge in [-0.1, -0.05) is 146 Å². The van der Waals surface area contributed by atoms with Crippen molar-refractivity contribution in [2.75, 3.05) is 21.3 Å². The van der Waals surface area contributed by atoms with Crippen LogP contribution in [-0.4, -0.2) is 70.9 Å². The Morgan fingerprint density at radius 3 is 1.19 bits per heavy atom. The fourth-order valence-corrected chi connectivity index (χ4v) is 15.3. The van der Waals surface area contributed by atoms with Crippen LogP contribution in [0.1, 0.15) is 51.6 Å². The fourth-order valence-electron chi connectivity index (χ4n) is 15.0. The number of halogens is 1. The lowest BCUT2D eigenvalue weighted by Crippen LogP contribution is -3.00. The maximum absolute atomic E-state index is 9.90. The molecule has 17 rings (SSSR count). The summed E-state index contributed by atoms with van der Waals surface area (Å²) < 4.78 is 55.5. The molecule has 0 bridgehead atoms. The molecular weight excluding hydrogens is 1470 g/mol. The van der Waals surface area contributed by atoms with Gasteiger partial charge in [0.15, 0.2) is 48.2 Å². The second-order valence-electron chi connectivity index (χ2n) is 27.3. The zero-order chi connectivity index (χ0) is 78.5. The molecule has 576 valence electrons. The lowest BCUT2D eigenvalue weighted by Gasteiger charge is -2.16. The molecule has 0 aliphatic heterocycles. The normalized spacial score (nSPS) is 11.2. The minimum absolute atomic E-state index is 0. The summed E-state index contributed by atoms with van der Waals surface area (Å²) in [5, 5.41) is 71.2. The van der Waals surface area contributed by atoms with Gasteiger partial charge in [0, 0.05) is 82.9 Å². The zero-order valence-corrected chi connectivity index (χ0v) is 65.4. The largest absolute Gasteiger partial charge is 1.00 e. The maximum atomic E-state index is 9.90. The quantitative estimate of drug-likeness (QED) is 0.0140. The standard InChI is InChI=1S/C34H30NO4.C32H26NO2.C26H22NO3.C2H4O5S.CH3.ClH/c1-21-29-16-27(20-37)26(19-36)15-25(29)17-32-31-18-30(34(39-3)33(38-2)28(31)13-14-35(21)32)24-11-9-23(10-12-24)22-7-5-4-6-8-22;1-21-13-25-11-12-33-18-27-15-29(20-35)28(19-34)14-26(27)16-32(33)31(25)17-30(21)24-9-7-23(8-10-24)22-5-3-2-4-6-22;1-30-26-12-18-7-8-27-14-20-10-22(16-29)21(15-28)9-19(20)11-25(27)23(18)13-24(26)17-5-3-2-4-6-17;1-2(3)7-8(4,5)6;;/h4-18,36-37H,19-20H2,1-3H3;2-18,34-35H,19-20H2,1H3;2-14,28-29H,15-16H2,1H3;1H3,(H,4,5,6);1H3;1H/q3*+1;;-1;/p-2. The number of pyridine rings is 6. The summed E-state index contributed by atoms with van der Waals surface area (Å²) in [5.74, 6) is 1.09. The minimum Gasteiger partial charge on any atom is -1.00 e. The summed E-state index contributed by atoms with van der Waals surface area (Å²) in [6.45, 7) is 4.47. The number of rotatable bonds is 15. The molecule has 6 N–H and O–H groups in total. The summed E-state index contributed by atoms with van der Waals surface area (Å²) in [6, 6.07) is 83.8. The Hall–Kier alpha value is -12.3. The van der Waals surface area contributed by atoms with Crippen molar-refractivity contribution in [1.29, 1.82) is 0 Å². The van der Waals surface area contributed by atoms with E-state index in [9.17, 15) is 48.4 Å². The maximum Gasteiger partial charge on any atom is 0.318 e. The molecule has 17 aromatic rings. The molecule has 0 amide bonds. The Labute approximate surface area is 666 Å². The molecule has 0 atom stereocenters. The summed E-state index contributed by atoms with van der Waals surface area (Å²) in [5.41, 5.74) is 21.3. The molecule has 19 heteroatoms. The number of nitrogens with zero attached hydrogens (tertiary/aromatic N) is 3. The molecule has 0 aliphatic carbocycles. The highest BCUT2D eigenvalue weighted by atomic mass is 35.5. The molecule has 114 heavy (non-hydrogen) atoms. The van der Waals surface area contributed by atoms with Crippen molar-refractivity contribution in [3.05, 3.63) is 326 Å². The fraction of sp³-hybridized carbons (Fsp3) is 0.126. The van der Waals surface area contributed by atoms with Gasteiger partial charge in [0.25, 0.3) is 10.4 Å². The SMILES string of the molecule is CC(=O)OS(=O)(=O)[O-].COc1c(-c2ccc(-c3ccccc3)cc2)cc2c(cc[n+]3c(C)c4cc(CO)c(CO)cc4cc23)c1OC.COc1cc2cc[n+]3cc4cc(CO)c(CO)cc4cc3c2cc1-c1ccccc1.Cc1cc2cc[n+]3cc4cc(CO)c(CO)cc4cc3c2cc1-c1ccc(-c2ccccc2)cc1.[CH3-].[Cl-]. The van der Waals surface area contributed by atoms with Crippen LogP contribution in [0.3, 0.4) is 0 Å². The van der Waals surface area contributed by atoms with Crippen LogP contribution in [0.4, 0.5) is 0 Å². The highest BCUT2D eigenvalue weighted by Crippen LogP contribution is 2.46. The van der Waals surface area contributed by atoms with Crippen molar-refractivity contribution in [3.8, 4) is 72.9 Å². The number of carbonyl (C=O) groups is 1. The average molecular weight is 1560 g/mol. The minimum atomic E-state index is -4.82. The first kappa shape index (κ1) is 81.2. The van der Waals surface area contributed by atoms with Crippen LogP contribution < -0.4 is 39.8 Å². The molecule has 6 heterocycles. The molecule has 0 radical (unpaired) electrons. The molecule has 0 saturated heterocycles. The lowest BCUT2D eigenvalue weighted by molar-refractivity contribution is -0.516. The zero-order valence-electron chi connectivity index (χ0n) is 63.8. The third-order valence-corrected chi connectivity index (χ3v) is 21.1. The highest BCUT2D eigenvalue weighted by molar-refractivity contribution is 7.81. The van der Waals surface area contributed by atoms with Crippen molar-refractivity contribution < 1.29 is 92.4 Å². The van der Waals surface area contributed by atoms with Crippen molar-refractivity contribution in [1.82, 2.24) is 0 Å². The van der Waals surface area contributed by atoms with E-state index in [4.69, 9.17) is 14.2 Å². The number of carbonyl (C=O) groups excluding carboxylic acids is 1. The average Bonchev–Trinajstić information content (AvgIpc) is 0.753. The molecule has 17 nitrogen and oxygen atoms in total. The smallest absolute Gasteiger partial charge is 0.318 e. The number of methoxy groups -OCH3 is 3. The predicted molar refractivity (Wildman–Crippen MR) is 444 cm³/mol. The molecule has 0 fully saturated rings. The Bertz CT molecular complexity index is 6580. The van der Waals surface area contributed by atoms with Gasteiger partial charge in [-0.15, -0.1) is 0 Å². The molecular formula is C95H84ClN3O14S. The number of fused-ring (bicyclic) bond motifs is 12. The first-order valence-electron chi connectivity index (χ1n) is 36.3. The Kier molecular flexibility index (Phi) is 25.1. The van der Waals surface area contributed by atoms with E-state index in [0.717, 1.165) is 150 Å². The van der Waals surface area contributed by atoms with Gasteiger partial charge in [0.1, 0.15) is 5.75 Å². The molecule has 11 aromatic carbocycles. The van der Waals surface area contributed by atoms with Crippen molar-refractivity contribution in [2.45, 2.75) is 60.4 Å². The Balaban J connectivity index is 0.000000150. The van der Waals surface area contributed by atoms with E-state index in [1.807, 2.05) is 91.3 Å². The van der Waals surface area contributed by atoms with E-state index in [1.165, 1.54) is 44.2 Å². The number of hydrogen-bond acceptors (Lipinski definition) is 14. The third kappa shape index (κ3) is 16.6. The van der Waals surface area contributed by atoms with Crippen LogP contribution in [0.15, 0.2) is 274 Å². The molecule has 0 spiro atoms. The van der Waals surface area contributed by atoms with Gasteiger partial charge in [0.2, 0.25) is 16.6 Å². The van der Waals surface area contributed by atoms with Crippen LogP contribution in [0.25, 0.3) is 137 Å². The van der Waals surface area contributed by atoms with Gasteiger partial charge >= 0.3 is 5.97 Å². The van der Waals surface area contributed by atoms with E-state index in [2.05, 4.69) is 214 Å². The summed E-state index contributed by atoms with van der Waals surface area (Å²) >= 11 is 0. The van der Waals surface area contributed by atoms with Gasteiger partial charge in [-0.3, -0.25) is 4.79 Å². The summed E-state index contributed by atoms with van der Waals surface area (Å²) in [6.07, 6.45) is 10.3. The molecule has 0 aliphatic rings. The van der Waals surface area contributed by atoms with Crippen molar-refractivity contribution in [3.63, 3.8) is 0 Å². The monoisotopic (exact) mass is 1560 g/mol. The summed E-state index contributed by atoms with van der Waals surface area (Å²) in [7, 11) is 0.225. The van der Waals surface area contributed by atoms with E-state index in [1.54, 1.807) is 21.3 Å².